The molecule has 0 radical (unpaired) electrons. The van der Waals surface area contributed by atoms with Crippen molar-refractivity contribution in [2.45, 2.75) is 26.3 Å². The molecule has 1 amide bonds. The Labute approximate surface area is 114 Å². The molecule has 2 N–H and O–H groups in total. The number of nitrogens with two attached hydrogens (primary N) is 1. The first-order valence-corrected chi connectivity index (χ1v) is 6.04. The van der Waals surface area contributed by atoms with E-state index in [4.69, 9.17) is 5.73 Å². The van der Waals surface area contributed by atoms with E-state index in [0.717, 1.165) is 18.7 Å². The molecule has 102 valence electrons. The third-order valence-electron chi connectivity index (χ3n) is 3.50. The van der Waals surface area contributed by atoms with E-state index in [1.807, 2.05) is 18.9 Å². The first-order valence-electron chi connectivity index (χ1n) is 6.04. The Bertz CT molecular complexity index is 432. The van der Waals surface area contributed by atoms with Gasteiger partial charge in [0.1, 0.15) is 0 Å². The average molecular weight is 273 g/mol. The van der Waals surface area contributed by atoms with Gasteiger partial charge in [0.25, 0.3) is 5.91 Å². The lowest BCUT2D eigenvalue weighted by Gasteiger charge is -2.21. The minimum atomic E-state index is 0. The second-order valence-corrected chi connectivity index (χ2v) is 4.95. The highest BCUT2D eigenvalue weighted by molar-refractivity contribution is 5.95. The fraction of sp³-hybridized carbons (Fsp3) is 0.667. The molecule has 1 aromatic heterocycles. The van der Waals surface area contributed by atoms with Crippen LogP contribution in [0.3, 0.4) is 0 Å². The zero-order valence-electron chi connectivity index (χ0n) is 11.1. The summed E-state index contributed by atoms with van der Waals surface area (Å²) < 4.78 is 1.68. The number of nitrogens with zero attached hydrogens (tertiary/aromatic N) is 3. The molecule has 1 aliphatic rings. The smallest absolute Gasteiger partial charge is 0.257 e. The summed E-state index contributed by atoms with van der Waals surface area (Å²) in [4.78, 5) is 14.3. The Balaban J connectivity index is 0.00000162. The lowest BCUT2D eigenvalue weighted by atomic mass is 10.1. The molecule has 5 nitrogen and oxygen atoms in total. The van der Waals surface area contributed by atoms with Crippen LogP contribution in [0.5, 0.6) is 0 Å². The van der Waals surface area contributed by atoms with Crippen LogP contribution in [0.4, 0.5) is 0 Å². The second-order valence-electron chi connectivity index (χ2n) is 4.95. The van der Waals surface area contributed by atoms with Crippen LogP contribution in [0.2, 0.25) is 0 Å². The summed E-state index contributed by atoms with van der Waals surface area (Å²) in [6, 6.07) is 0.274. The molecule has 2 atom stereocenters. The lowest BCUT2D eigenvalue weighted by molar-refractivity contribution is 0.0742. The number of rotatable bonds is 2. The number of hydrogen-bond donors (Lipinski definition) is 1. The zero-order chi connectivity index (χ0) is 12.6. The van der Waals surface area contributed by atoms with Gasteiger partial charge in [0, 0.05) is 25.8 Å². The van der Waals surface area contributed by atoms with Crippen molar-refractivity contribution < 1.29 is 4.79 Å². The van der Waals surface area contributed by atoms with E-state index in [2.05, 4.69) is 12.0 Å². The predicted molar refractivity (Wildman–Crippen MR) is 72.9 cm³/mol. The van der Waals surface area contributed by atoms with Crippen molar-refractivity contribution >= 4 is 18.3 Å². The van der Waals surface area contributed by atoms with Crippen LogP contribution in [0.15, 0.2) is 6.20 Å². The molecule has 1 aromatic rings. The summed E-state index contributed by atoms with van der Waals surface area (Å²) in [6.45, 7) is 5.37. The number of carbonyl (C=O) groups is 1. The number of amides is 1. The molecular formula is C12H21ClN4O. The van der Waals surface area contributed by atoms with Crippen LogP contribution >= 0.6 is 12.4 Å². The van der Waals surface area contributed by atoms with Crippen LogP contribution in [0.25, 0.3) is 0 Å². The minimum Gasteiger partial charge on any atom is -0.335 e. The summed E-state index contributed by atoms with van der Waals surface area (Å²) in [5.41, 5.74) is 7.17. The van der Waals surface area contributed by atoms with Crippen molar-refractivity contribution in [3.05, 3.63) is 17.5 Å². The highest BCUT2D eigenvalue weighted by atomic mass is 35.5. The van der Waals surface area contributed by atoms with Gasteiger partial charge in [0.05, 0.1) is 11.3 Å². The summed E-state index contributed by atoms with van der Waals surface area (Å²) in [5.74, 6) is 0.518. The van der Waals surface area contributed by atoms with Crippen LogP contribution in [0.1, 0.15) is 29.4 Å². The maximum absolute atomic E-state index is 12.4. The predicted octanol–water partition coefficient (Wildman–Crippen LogP) is 0.960. The Morgan fingerprint density at radius 2 is 2.28 bits per heavy atom. The largest absolute Gasteiger partial charge is 0.335 e. The van der Waals surface area contributed by atoms with Gasteiger partial charge in [-0.3, -0.25) is 9.48 Å². The number of likely N-dealkylation sites (tertiary alicyclic amines) is 1. The normalized spacial score (nSPS) is 23.0. The third-order valence-corrected chi connectivity index (χ3v) is 3.50. The van der Waals surface area contributed by atoms with Crippen LogP contribution in [0, 0.1) is 12.8 Å². The molecule has 1 saturated heterocycles. The van der Waals surface area contributed by atoms with E-state index in [9.17, 15) is 4.79 Å². The van der Waals surface area contributed by atoms with Crippen molar-refractivity contribution in [3.63, 3.8) is 0 Å². The van der Waals surface area contributed by atoms with E-state index in [-0.39, 0.29) is 24.4 Å². The Hall–Kier alpha value is -1.07. The van der Waals surface area contributed by atoms with Crippen molar-refractivity contribution in [2.24, 2.45) is 18.7 Å². The topological polar surface area (TPSA) is 64.2 Å². The van der Waals surface area contributed by atoms with Crippen LogP contribution in [-0.2, 0) is 7.05 Å². The highest BCUT2D eigenvalue weighted by Gasteiger charge is 2.33. The second kappa shape index (κ2) is 5.71. The lowest BCUT2D eigenvalue weighted by Crippen LogP contribution is -2.34. The SMILES string of the molecule is Cc1nn(C)cc1C(=O)N1CC(CN)CC1C.Cl. The highest BCUT2D eigenvalue weighted by Crippen LogP contribution is 2.24. The third kappa shape index (κ3) is 2.67. The molecule has 0 saturated carbocycles. The van der Waals surface area contributed by atoms with Crippen molar-refractivity contribution in [3.8, 4) is 0 Å². The number of aryl methyl sites for hydroxylation is 2. The summed E-state index contributed by atoms with van der Waals surface area (Å²) in [6.07, 6.45) is 2.79. The first-order chi connectivity index (χ1) is 8.02. The Kier molecular flexibility index (Phi) is 4.76. The fourth-order valence-electron chi connectivity index (χ4n) is 2.56. The van der Waals surface area contributed by atoms with E-state index in [0.29, 0.717) is 18.0 Å². The molecule has 6 heteroatoms. The summed E-state index contributed by atoms with van der Waals surface area (Å²) >= 11 is 0. The number of hydrogen-bond acceptors (Lipinski definition) is 3. The van der Waals surface area contributed by atoms with Crippen LogP contribution < -0.4 is 5.73 Å². The molecule has 2 unspecified atom stereocenters. The van der Waals surface area contributed by atoms with Crippen molar-refractivity contribution in [1.29, 1.82) is 0 Å². The Morgan fingerprint density at radius 3 is 2.72 bits per heavy atom. The van der Waals surface area contributed by atoms with Gasteiger partial charge in [-0.25, -0.2) is 0 Å². The maximum Gasteiger partial charge on any atom is 0.257 e. The molecule has 1 fully saturated rings. The van der Waals surface area contributed by atoms with Gasteiger partial charge in [-0.15, -0.1) is 12.4 Å². The number of carbonyl (C=O) groups excluding carboxylic acids is 1. The van der Waals surface area contributed by atoms with E-state index >= 15 is 0 Å². The molecular weight excluding hydrogens is 252 g/mol. The molecule has 2 rings (SSSR count). The first kappa shape index (κ1) is 15.0. The standard InChI is InChI=1S/C12H20N4O.ClH/c1-8-4-10(5-13)6-16(8)12(17)11-7-15(3)14-9(11)2;/h7-8,10H,4-6,13H2,1-3H3;1H. The van der Waals surface area contributed by atoms with Gasteiger partial charge >= 0.3 is 0 Å². The molecule has 0 aliphatic carbocycles. The van der Waals surface area contributed by atoms with Gasteiger partial charge in [-0.1, -0.05) is 0 Å². The monoisotopic (exact) mass is 272 g/mol. The van der Waals surface area contributed by atoms with E-state index in [1.54, 1.807) is 10.9 Å². The van der Waals surface area contributed by atoms with Crippen LogP contribution in [-0.4, -0.2) is 39.7 Å². The molecule has 18 heavy (non-hydrogen) atoms. The minimum absolute atomic E-state index is 0. The van der Waals surface area contributed by atoms with Gasteiger partial charge < -0.3 is 10.6 Å². The fourth-order valence-corrected chi connectivity index (χ4v) is 2.56. The van der Waals surface area contributed by atoms with Gasteiger partial charge in [-0.2, -0.15) is 5.10 Å². The molecule has 2 heterocycles. The molecule has 0 bridgehead atoms. The van der Waals surface area contributed by atoms with E-state index < -0.39 is 0 Å². The Morgan fingerprint density at radius 1 is 1.61 bits per heavy atom. The molecule has 0 spiro atoms. The quantitative estimate of drug-likeness (QED) is 0.872. The molecule has 0 aromatic carbocycles. The number of aromatic nitrogens is 2. The van der Waals surface area contributed by atoms with Gasteiger partial charge in [0.2, 0.25) is 0 Å². The molecule has 1 aliphatic heterocycles. The zero-order valence-corrected chi connectivity index (χ0v) is 11.9. The number of halogens is 1. The summed E-state index contributed by atoms with van der Waals surface area (Å²) in [5, 5.41) is 4.21. The van der Waals surface area contributed by atoms with E-state index in [1.165, 1.54) is 0 Å². The summed E-state index contributed by atoms with van der Waals surface area (Å²) in [7, 11) is 1.83. The maximum atomic E-state index is 12.4. The van der Waals surface area contributed by atoms with Crippen molar-refractivity contribution in [2.75, 3.05) is 13.1 Å². The van der Waals surface area contributed by atoms with Crippen molar-refractivity contribution in [1.82, 2.24) is 14.7 Å². The van der Waals surface area contributed by atoms with Gasteiger partial charge in [-0.05, 0) is 32.7 Å². The van der Waals surface area contributed by atoms with Gasteiger partial charge in [0.15, 0.2) is 0 Å². The average Bonchev–Trinajstić information content (AvgIpc) is 2.81.